The Labute approximate surface area is 117 Å². The van der Waals surface area contributed by atoms with Gasteiger partial charge in [-0.3, -0.25) is 19.4 Å². The van der Waals surface area contributed by atoms with E-state index in [9.17, 15) is 4.79 Å². The van der Waals surface area contributed by atoms with Crippen LogP contribution in [-0.2, 0) is 29.4 Å². The Morgan fingerprint density at radius 1 is 1.25 bits per heavy atom. The fraction of sp³-hybridized carbons (Fsp3) is 0.429. The van der Waals surface area contributed by atoms with E-state index in [-0.39, 0.29) is 5.97 Å². The van der Waals surface area contributed by atoms with Gasteiger partial charge in [0.25, 0.3) is 0 Å². The van der Waals surface area contributed by atoms with Crippen molar-refractivity contribution in [2.24, 2.45) is 7.05 Å². The monoisotopic (exact) mass is 274 g/mol. The molecule has 106 valence electrons. The fourth-order valence-electron chi connectivity index (χ4n) is 1.74. The molecule has 0 N–H and O–H groups in total. The first-order valence-electron chi connectivity index (χ1n) is 6.54. The van der Waals surface area contributed by atoms with Crippen LogP contribution in [0.1, 0.15) is 23.4 Å². The molecule has 2 aromatic heterocycles. The van der Waals surface area contributed by atoms with Crippen LogP contribution in [0, 0.1) is 6.92 Å². The molecule has 0 aliphatic heterocycles. The van der Waals surface area contributed by atoms with Crippen LogP contribution in [0.5, 0.6) is 0 Å². The molecule has 2 aromatic rings. The van der Waals surface area contributed by atoms with Gasteiger partial charge in [0.1, 0.15) is 0 Å². The maximum atomic E-state index is 11.6. The van der Waals surface area contributed by atoms with Gasteiger partial charge in [0.15, 0.2) is 0 Å². The summed E-state index contributed by atoms with van der Waals surface area (Å²) in [5.41, 5.74) is 2.74. The lowest BCUT2D eigenvalue weighted by Crippen LogP contribution is -2.09. The van der Waals surface area contributed by atoms with Crippen LogP contribution >= 0.6 is 0 Å². The van der Waals surface area contributed by atoms with Gasteiger partial charge < -0.3 is 4.74 Å². The first-order valence-corrected chi connectivity index (χ1v) is 6.54. The van der Waals surface area contributed by atoms with Crippen molar-refractivity contribution in [3.05, 3.63) is 41.7 Å². The lowest BCUT2D eigenvalue weighted by atomic mass is 10.2. The van der Waals surface area contributed by atoms with Crippen molar-refractivity contribution in [3.8, 4) is 0 Å². The molecule has 0 spiro atoms. The van der Waals surface area contributed by atoms with Gasteiger partial charge >= 0.3 is 5.97 Å². The number of aryl methyl sites for hydroxylation is 3. The van der Waals surface area contributed by atoms with Gasteiger partial charge in [-0.2, -0.15) is 5.10 Å². The number of nitrogens with zero attached hydrogens (tertiary/aromatic N) is 4. The molecule has 0 fully saturated rings. The Morgan fingerprint density at radius 2 is 2.10 bits per heavy atom. The predicted molar refractivity (Wildman–Crippen MR) is 73.0 cm³/mol. The predicted octanol–water partition coefficient (Wildman–Crippen LogP) is 1.24. The standard InChI is InChI=1S/C14H18N4O2/c1-11-7-16-13(9-15-11)5-6-20-14(19)4-3-12-8-17-18(2)10-12/h7-10H,3-6H2,1-2H3. The van der Waals surface area contributed by atoms with Crippen molar-refractivity contribution in [2.45, 2.75) is 26.2 Å². The van der Waals surface area contributed by atoms with Crippen LogP contribution in [0.4, 0.5) is 0 Å². The molecule has 0 atom stereocenters. The number of carbonyl (C=O) groups excluding carboxylic acids is 1. The highest BCUT2D eigenvalue weighted by Gasteiger charge is 2.05. The average molecular weight is 274 g/mol. The summed E-state index contributed by atoms with van der Waals surface area (Å²) < 4.78 is 6.89. The molecular formula is C14H18N4O2. The molecule has 0 amide bonds. The molecule has 0 aliphatic rings. The molecule has 2 rings (SSSR count). The van der Waals surface area contributed by atoms with Crippen molar-refractivity contribution >= 4 is 5.97 Å². The number of hydrogen-bond acceptors (Lipinski definition) is 5. The van der Waals surface area contributed by atoms with Crippen LogP contribution < -0.4 is 0 Å². The second kappa shape index (κ2) is 6.79. The van der Waals surface area contributed by atoms with Crippen molar-refractivity contribution in [2.75, 3.05) is 6.61 Å². The minimum absolute atomic E-state index is 0.200. The van der Waals surface area contributed by atoms with Gasteiger partial charge in [0, 0.05) is 38.5 Å². The van der Waals surface area contributed by atoms with E-state index in [0.717, 1.165) is 17.0 Å². The maximum absolute atomic E-state index is 11.6. The Hall–Kier alpha value is -2.24. The molecule has 0 radical (unpaired) electrons. The zero-order chi connectivity index (χ0) is 14.4. The summed E-state index contributed by atoms with van der Waals surface area (Å²) in [4.78, 5) is 19.9. The zero-order valence-electron chi connectivity index (χ0n) is 11.7. The third-order valence-electron chi connectivity index (χ3n) is 2.83. The molecule has 0 bridgehead atoms. The lowest BCUT2D eigenvalue weighted by molar-refractivity contribution is -0.143. The number of carbonyl (C=O) groups is 1. The molecule has 0 saturated heterocycles. The van der Waals surface area contributed by atoms with Crippen molar-refractivity contribution < 1.29 is 9.53 Å². The molecule has 2 heterocycles. The minimum atomic E-state index is -0.200. The van der Waals surface area contributed by atoms with E-state index in [1.165, 1.54) is 0 Å². The van der Waals surface area contributed by atoms with Gasteiger partial charge in [-0.15, -0.1) is 0 Å². The number of hydrogen-bond donors (Lipinski definition) is 0. The van der Waals surface area contributed by atoms with Gasteiger partial charge in [0.2, 0.25) is 0 Å². The highest BCUT2D eigenvalue weighted by molar-refractivity contribution is 5.69. The van der Waals surface area contributed by atoms with Crippen LogP contribution in [0.2, 0.25) is 0 Å². The van der Waals surface area contributed by atoms with Gasteiger partial charge in [-0.25, -0.2) is 0 Å². The first kappa shape index (κ1) is 14.2. The molecule has 6 nitrogen and oxygen atoms in total. The molecule has 0 unspecified atom stereocenters. The van der Waals surface area contributed by atoms with E-state index >= 15 is 0 Å². The van der Waals surface area contributed by atoms with E-state index in [0.29, 0.717) is 25.9 Å². The first-order chi connectivity index (χ1) is 9.63. The normalized spacial score (nSPS) is 10.5. The van der Waals surface area contributed by atoms with Crippen molar-refractivity contribution in [1.29, 1.82) is 0 Å². The maximum Gasteiger partial charge on any atom is 0.306 e. The van der Waals surface area contributed by atoms with Gasteiger partial charge in [-0.1, -0.05) is 0 Å². The summed E-state index contributed by atoms with van der Waals surface area (Å²) in [5.74, 6) is -0.200. The summed E-state index contributed by atoms with van der Waals surface area (Å²) in [5, 5.41) is 4.05. The number of rotatable bonds is 6. The summed E-state index contributed by atoms with van der Waals surface area (Å²) in [6.45, 7) is 2.22. The Bertz CT molecular complexity index is 563. The van der Waals surface area contributed by atoms with Crippen molar-refractivity contribution in [3.63, 3.8) is 0 Å². The van der Waals surface area contributed by atoms with Crippen molar-refractivity contribution in [1.82, 2.24) is 19.7 Å². The molecule has 0 saturated carbocycles. The van der Waals surface area contributed by atoms with Crippen LogP contribution in [0.25, 0.3) is 0 Å². The van der Waals surface area contributed by atoms with Crippen LogP contribution in [0.3, 0.4) is 0 Å². The van der Waals surface area contributed by atoms with E-state index in [4.69, 9.17) is 4.74 Å². The average Bonchev–Trinajstić information content (AvgIpc) is 2.85. The summed E-state index contributed by atoms with van der Waals surface area (Å²) in [6.07, 6.45) is 8.68. The summed E-state index contributed by atoms with van der Waals surface area (Å²) in [6, 6.07) is 0. The van der Waals surface area contributed by atoms with E-state index in [2.05, 4.69) is 15.1 Å². The SMILES string of the molecule is Cc1cnc(CCOC(=O)CCc2cnn(C)c2)cn1. The van der Waals surface area contributed by atoms with Gasteiger partial charge in [-0.05, 0) is 18.9 Å². The highest BCUT2D eigenvalue weighted by atomic mass is 16.5. The number of aromatic nitrogens is 4. The molecule has 20 heavy (non-hydrogen) atoms. The van der Waals surface area contributed by atoms with E-state index in [1.807, 2.05) is 20.2 Å². The lowest BCUT2D eigenvalue weighted by Gasteiger charge is -2.04. The van der Waals surface area contributed by atoms with E-state index in [1.54, 1.807) is 23.3 Å². The molecular weight excluding hydrogens is 256 g/mol. The quantitative estimate of drug-likeness (QED) is 0.741. The highest BCUT2D eigenvalue weighted by Crippen LogP contribution is 2.03. The largest absolute Gasteiger partial charge is 0.465 e. The van der Waals surface area contributed by atoms with Crippen LogP contribution in [-0.4, -0.2) is 32.3 Å². The molecule has 6 heteroatoms. The summed E-state index contributed by atoms with van der Waals surface area (Å²) in [7, 11) is 1.85. The third-order valence-corrected chi connectivity index (χ3v) is 2.83. The topological polar surface area (TPSA) is 69.9 Å². The number of ether oxygens (including phenoxy) is 1. The second-order valence-corrected chi connectivity index (χ2v) is 4.64. The minimum Gasteiger partial charge on any atom is -0.465 e. The van der Waals surface area contributed by atoms with Gasteiger partial charge in [0.05, 0.1) is 24.2 Å². The van der Waals surface area contributed by atoms with Crippen LogP contribution in [0.15, 0.2) is 24.8 Å². The Balaban J connectivity index is 1.66. The second-order valence-electron chi connectivity index (χ2n) is 4.64. The zero-order valence-corrected chi connectivity index (χ0v) is 11.7. The van der Waals surface area contributed by atoms with E-state index < -0.39 is 0 Å². The third kappa shape index (κ3) is 4.46. The Kier molecular flexibility index (Phi) is 4.81. The molecule has 0 aromatic carbocycles. The summed E-state index contributed by atoms with van der Waals surface area (Å²) >= 11 is 0. The molecule has 0 aliphatic carbocycles. The smallest absolute Gasteiger partial charge is 0.306 e. The Morgan fingerprint density at radius 3 is 2.75 bits per heavy atom. The number of esters is 1. The fourth-order valence-corrected chi connectivity index (χ4v) is 1.74.